The van der Waals surface area contributed by atoms with Crippen molar-refractivity contribution in [3.05, 3.63) is 81.3 Å². The predicted molar refractivity (Wildman–Crippen MR) is 143 cm³/mol. The molecule has 0 N–H and O–H groups in total. The van der Waals surface area contributed by atoms with Crippen molar-refractivity contribution in [2.45, 2.75) is 26.4 Å². The summed E-state index contributed by atoms with van der Waals surface area (Å²) in [7, 11) is 2.04. The van der Waals surface area contributed by atoms with Crippen molar-refractivity contribution in [2.24, 2.45) is 0 Å². The minimum Gasteiger partial charge on any atom is -0.366 e. The zero-order chi connectivity index (χ0) is 25.9. The quantitative estimate of drug-likeness (QED) is 0.354. The maximum Gasteiger partial charge on any atom is 0.269 e. The summed E-state index contributed by atoms with van der Waals surface area (Å²) < 4.78 is 14.3. The molecule has 9 nitrogen and oxygen atoms in total. The first-order valence-corrected chi connectivity index (χ1v) is 12.7. The fourth-order valence-corrected chi connectivity index (χ4v) is 5.06. The number of aromatic nitrogens is 2. The van der Waals surface area contributed by atoms with Crippen molar-refractivity contribution in [3.63, 3.8) is 0 Å². The zero-order valence-electron chi connectivity index (χ0n) is 21.3. The van der Waals surface area contributed by atoms with Gasteiger partial charge in [0.15, 0.2) is 0 Å². The molecule has 0 unspecified atom stereocenters. The van der Waals surface area contributed by atoms with Gasteiger partial charge in [0.25, 0.3) is 5.69 Å². The van der Waals surface area contributed by atoms with Gasteiger partial charge >= 0.3 is 0 Å². The van der Waals surface area contributed by atoms with E-state index in [1.165, 1.54) is 12.1 Å². The van der Waals surface area contributed by atoms with Gasteiger partial charge in [-0.1, -0.05) is 24.3 Å². The zero-order valence-corrected chi connectivity index (χ0v) is 21.3. The summed E-state index contributed by atoms with van der Waals surface area (Å²) in [6.45, 7) is 7.93. The second-order valence-corrected chi connectivity index (χ2v) is 9.60. The van der Waals surface area contributed by atoms with Gasteiger partial charge in [0.05, 0.1) is 16.3 Å². The van der Waals surface area contributed by atoms with Gasteiger partial charge in [-0.25, -0.2) is 9.37 Å². The number of nitro groups is 1. The molecule has 1 saturated heterocycles. The highest BCUT2D eigenvalue weighted by atomic mass is 19.1. The molecular weight excluding hydrogens is 473 g/mol. The highest BCUT2D eigenvalue weighted by Crippen LogP contribution is 2.30. The lowest BCUT2D eigenvalue weighted by molar-refractivity contribution is -0.384. The van der Waals surface area contributed by atoms with Crippen LogP contribution in [0.1, 0.15) is 23.7 Å². The monoisotopic (exact) mass is 505 g/mol. The summed E-state index contributed by atoms with van der Waals surface area (Å²) >= 11 is 0. The molecule has 0 atom stereocenters. The highest BCUT2D eigenvalue weighted by molar-refractivity contribution is 5.55. The van der Waals surface area contributed by atoms with E-state index in [1.807, 2.05) is 25.2 Å². The second kappa shape index (κ2) is 10.7. The first-order valence-electron chi connectivity index (χ1n) is 12.7. The molecule has 0 radical (unpaired) electrons. The number of anilines is 3. The third-order valence-corrected chi connectivity index (χ3v) is 7.22. The van der Waals surface area contributed by atoms with E-state index in [2.05, 4.69) is 26.5 Å². The molecule has 0 spiro atoms. The number of hydrogen-bond acceptors (Lipinski definition) is 8. The summed E-state index contributed by atoms with van der Waals surface area (Å²) in [4.78, 5) is 29.5. The topological polar surface area (TPSA) is 81.9 Å². The van der Waals surface area contributed by atoms with Crippen LogP contribution in [0.3, 0.4) is 0 Å². The van der Waals surface area contributed by atoms with E-state index in [0.29, 0.717) is 31.9 Å². The van der Waals surface area contributed by atoms with Crippen LogP contribution in [0, 0.1) is 15.9 Å². The van der Waals surface area contributed by atoms with E-state index in [1.54, 1.807) is 18.2 Å². The lowest BCUT2D eigenvalue weighted by Gasteiger charge is -2.37. The Morgan fingerprint density at radius 2 is 1.78 bits per heavy atom. The van der Waals surface area contributed by atoms with E-state index in [9.17, 15) is 14.5 Å². The van der Waals surface area contributed by atoms with Crippen LogP contribution < -0.4 is 14.7 Å². The van der Waals surface area contributed by atoms with Crippen LogP contribution in [0.15, 0.2) is 48.5 Å². The normalized spacial score (nSPS) is 16.0. The summed E-state index contributed by atoms with van der Waals surface area (Å²) in [6.07, 6.45) is 0.791. The lowest BCUT2D eigenvalue weighted by atomic mass is 10.0. The number of piperazine rings is 1. The molecule has 2 aliphatic heterocycles. The Labute approximate surface area is 216 Å². The molecule has 3 heterocycles. The van der Waals surface area contributed by atoms with E-state index < -0.39 is 0 Å². The Hall–Kier alpha value is -3.79. The third-order valence-electron chi connectivity index (χ3n) is 7.22. The SMILES string of the molecule is CCN(C)c1nc(N2CCN(c3ccccc3F)CC2)nc2c1CN(Cc1cccc([N+](=O)[O-])c1)CC2. The Morgan fingerprint density at radius 3 is 2.51 bits per heavy atom. The molecular formula is C27H32FN7O2. The van der Waals surface area contributed by atoms with Gasteiger partial charge in [-0.2, -0.15) is 4.98 Å². The summed E-state index contributed by atoms with van der Waals surface area (Å²) in [5.41, 5.74) is 3.86. The van der Waals surface area contributed by atoms with Gasteiger partial charge in [-0.05, 0) is 24.6 Å². The Balaban J connectivity index is 1.34. The molecule has 10 heteroatoms. The number of nitrogens with zero attached hydrogens (tertiary/aromatic N) is 7. The van der Waals surface area contributed by atoms with Crippen LogP contribution >= 0.6 is 0 Å². The lowest BCUT2D eigenvalue weighted by Crippen LogP contribution is -2.47. The van der Waals surface area contributed by atoms with Crippen LogP contribution in [0.2, 0.25) is 0 Å². The van der Waals surface area contributed by atoms with Crippen molar-refractivity contribution >= 4 is 23.1 Å². The van der Waals surface area contributed by atoms with Gasteiger partial charge < -0.3 is 14.7 Å². The minimum atomic E-state index is -0.352. The van der Waals surface area contributed by atoms with Crippen LogP contribution in [-0.2, 0) is 19.5 Å². The molecule has 2 aliphatic rings. The summed E-state index contributed by atoms with van der Waals surface area (Å²) in [6, 6.07) is 13.8. The van der Waals surface area contributed by atoms with Crippen molar-refractivity contribution < 1.29 is 9.31 Å². The number of fused-ring (bicyclic) bond motifs is 1. The number of benzene rings is 2. The van der Waals surface area contributed by atoms with E-state index in [-0.39, 0.29) is 16.4 Å². The minimum absolute atomic E-state index is 0.115. The molecule has 1 fully saturated rings. The smallest absolute Gasteiger partial charge is 0.269 e. The van der Waals surface area contributed by atoms with Gasteiger partial charge in [-0.15, -0.1) is 0 Å². The number of halogens is 1. The molecule has 0 bridgehead atoms. The molecule has 194 valence electrons. The molecule has 5 rings (SSSR count). The molecule has 0 saturated carbocycles. The molecule has 0 aliphatic carbocycles. The van der Waals surface area contributed by atoms with Gasteiger partial charge in [0.1, 0.15) is 11.6 Å². The fourth-order valence-electron chi connectivity index (χ4n) is 5.06. The average Bonchev–Trinajstić information content (AvgIpc) is 2.92. The maximum atomic E-state index is 14.3. The van der Waals surface area contributed by atoms with Gasteiger partial charge in [0.2, 0.25) is 5.95 Å². The van der Waals surface area contributed by atoms with Crippen molar-refractivity contribution in [1.82, 2.24) is 14.9 Å². The fraction of sp³-hybridized carbons (Fsp3) is 0.407. The number of non-ortho nitro benzene ring substituents is 1. The maximum absolute atomic E-state index is 14.3. The molecule has 1 aromatic heterocycles. The first kappa shape index (κ1) is 24.9. The van der Waals surface area contributed by atoms with Crippen LogP contribution in [0.4, 0.5) is 27.5 Å². The standard InChI is InChI=1S/C27H32FN7O2/c1-3-31(2)26-22-19-32(18-20-7-6-8-21(17-20)35(36)37)12-11-24(22)29-27(30-26)34-15-13-33(14-16-34)25-10-5-4-9-23(25)28/h4-10,17H,3,11-16,18-19H2,1-2H3. The molecule has 3 aromatic rings. The number of hydrogen-bond donors (Lipinski definition) is 0. The van der Waals surface area contributed by atoms with Crippen molar-refractivity contribution in [2.75, 3.05) is 61.0 Å². The predicted octanol–water partition coefficient (Wildman–Crippen LogP) is 3.86. The molecule has 37 heavy (non-hydrogen) atoms. The van der Waals surface area contributed by atoms with Gasteiger partial charge in [-0.3, -0.25) is 15.0 Å². The number of nitro benzene ring substituents is 1. The largest absolute Gasteiger partial charge is 0.366 e. The third kappa shape index (κ3) is 5.34. The summed E-state index contributed by atoms with van der Waals surface area (Å²) in [5.74, 6) is 1.47. The van der Waals surface area contributed by atoms with E-state index >= 15 is 0 Å². The highest BCUT2D eigenvalue weighted by Gasteiger charge is 2.27. The molecule has 0 amide bonds. The number of para-hydroxylation sites is 1. The molecule has 2 aromatic carbocycles. The van der Waals surface area contributed by atoms with E-state index in [0.717, 1.165) is 61.2 Å². The average molecular weight is 506 g/mol. The van der Waals surface area contributed by atoms with Crippen molar-refractivity contribution in [1.29, 1.82) is 0 Å². The van der Waals surface area contributed by atoms with Crippen LogP contribution in [-0.4, -0.2) is 66.1 Å². The second-order valence-electron chi connectivity index (χ2n) is 9.60. The Morgan fingerprint density at radius 1 is 1.03 bits per heavy atom. The van der Waals surface area contributed by atoms with E-state index in [4.69, 9.17) is 9.97 Å². The van der Waals surface area contributed by atoms with Gasteiger partial charge in [0, 0.05) is 83.5 Å². The first-order chi connectivity index (χ1) is 17.9. The van der Waals surface area contributed by atoms with Crippen LogP contribution in [0.5, 0.6) is 0 Å². The number of rotatable bonds is 7. The Bertz CT molecular complexity index is 1280. The van der Waals surface area contributed by atoms with Crippen LogP contribution in [0.25, 0.3) is 0 Å². The summed E-state index contributed by atoms with van der Waals surface area (Å²) in [5, 5.41) is 11.2. The van der Waals surface area contributed by atoms with Crippen molar-refractivity contribution in [3.8, 4) is 0 Å². The Kier molecular flexibility index (Phi) is 7.18.